The Morgan fingerprint density at radius 2 is 2.10 bits per heavy atom. The van der Waals surface area contributed by atoms with Gasteiger partial charge < -0.3 is 0 Å². The minimum atomic E-state index is -4.64. The normalized spacial score (nSPS) is 29.2. The Balaban J connectivity index is 2.62. The van der Waals surface area contributed by atoms with Gasteiger partial charge in [-0.05, 0) is 6.42 Å². The smallest absolute Gasteiger partial charge is 0.246 e. The summed E-state index contributed by atoms with van der Waals surface area (Å²) in [6.07, 6.45) is -1.10. The molecular formula is C4H7F2NO2S. The van der Waals surface area contributed by atoms with Crippen molar-refractivity contribution in [3.05, 3.63) is 0 Å². The highest BCUT2D eigenvalue weighted by Crippen LogP contribution is 2.16. The van der Waals surface area contributed by atoms with Crippen LogP contribution in [0.15, 0.2) is 0 Å². The summed E-state index contributed by atoms with van der Waals surface area (Å²) in [4.78, 5) is 0. The Kier molecular flexibility index (Phi) is 1.91. The molecule has 1 rings (SSSR count). The van der Waals surface area contributed by atoms with Gasteiger partial charge in [0.2, 0.25) is 0 Å². The average molecular weight is 171 g/mol. The monoisotopic (exact) mass is 171 g/mol. The highest BCUT2D eigenvalue weighted by Gasteiger charge is 2.30. The summed E-state index contributed by atoms with van der Waals surface area (Å²) in [5.74, 6) is 0. The van der Waals surface area contributed by atoms with E-state index in [1.54, 1.807) is 0 Å². The van der Waals surface area contributed by atoms with E-state index in [-0.39, 0.29) is 19.5 Å². The number of nitrogens with zero attached hydrogens (tertiary/aromatic N) is 1. The molecule has 0 N–H and O–H groups in total. The van der Waals surface area contributed by atoms with Crippen molar-refractivity contribution in [2.24, 2.45) is 0 Å². The van der Waals surface area contributed by atoms with Crippen molar-refractivity contribution in [3.8, 4) is 0 Å². The molecule has 6 heteroatoms. The molecule has 1 heterocycles. The van der Waals surface area contributed by atoms with Gasteiger partial charge >= 0.3 is 10.4 Å². The summed E-state index contributed by atoms with van der Waals surface area (Å²) in [5.41, 5.74) is 0. The third-order valence-electron chi connectivity index (χ3n) is 1.40. The zero-order valence-corrected chi connectivity index (χ0v) is 5.94. The molecule has 0 aromatic heterocycles. The van der Waals surface area contributed by atoms with Crippen molar-refractivity contribution in [2.75, 3.05) is 13.1 Å². The Hall–Kier alpha value is -0.230. The van der Waals surface area contributed by atoms with Crippen LogP contribution in [0.5, 0.6) is 0 Å². The first-order valence-corrected chi connectivity index (χ1v) is 4.18. The molecule has 1 aliphatic heterocycles. The Morgan fingerprint density at radius 1 is 1.50 bits per heavy atom. The number of halogens is 2. The van der Waals surface area contributed by atoms with Crippen molar-refractivity contribution in [1.29, 1.82) is 0 Å². The molecule has 60 valence electrons. The van der Waals surface area contributed by atoms with Crippen LogP contribution in [0, 0.1) is 0 Å². The van der Waals surface area contributed by atoms with Gasteiger partial charge in [-0.15, -0.1) is 0 Å². The summed E-state index contributed by atoms with van der Waals surface area (Å²) in [6.45, 7) is -0.376. The summed E-state index contributed by atoms with van der Waals surface area (Å²) < 4.78 is 44.9. The summed E-state index contributed by atoms with van der Waals surface area (Å²) in [7, 11) is -4.64. The number of alkyl halides is 1. The second-order valence-electron chi connectivity index (χ2n) is 2.19. The fourth-order valence-electron chi connectivity index (χ4n) is 0.886. The van der Waals surface area contributed by atoms with Crippen LogP contribution >= 0.6 is 0 Å². The SMILES string of the molecule is O=S(=O)(F)N1CCC(F)C1. The van der Waals surface area contributed by atoms with E-state index in [2.05, 4.69) is 0 Å². The number of rotatable bonds is 1. The molecule has 1 aliphatic rings. The Labute approximate surface area is 58.0 Å². The number of hydrogen-bond acceptors (Lipinski definition) is 2. The molecule has 10 heavy (non-hydrogen) atoms. The van der Waals surface area contributed by atoms with Gasteiger partial charge in [0.1, 0.15) is 6.17 Å². The van der Waals surface area contributed by atoms with E-state index in [9.17, 15) is 16.7 Å². The van der Waals surface area contributed by atoms with Crippen molar-refractivity contribution in [1.82, 2.24) is 4.31 Å². The maximum Gasteiger partial charge on any atom is 0.374 e. The van der Waals surface area contributed by atoms with E-state index in [0.29, 0.717) is 4.31 Å². The quantitative estimate of drug-likeness (QED) is 0.530. The molecule has 1 fully saturated rings. The fraction of sp³-hybridized carbons (Fsp3) is 1.00. The van der Waals surface area contributed by atoms with E-state index >= 15 is 0 Å². The third kappa shape index (κ3) is 1.63. The van der Waals surface area contributed by atoms with Gasteiger partial charge in [-0.2, -0.15) is 12.7 Å². The van der Waals surface area contributed by atoms with Crippen molar-refractivity contribution in [2.45, 2.75) is 12.6 Å². The second-order valence-corrected chi connectivity index (χ2v) is 3.53. The predicted octanol–water partition coefficient (Wildman–Crippen LogP) is 0.245. The van der Waals surface area contributed by atoms with Crippen LogP contribution in [0.25, 0.3) is 0 Å². The molecule has 0 saturated carbocycles. The molecule has 1 atom stereocenters. The topological polar surface area (TPSA) is 37.4 Å². The van der Waals surface area contributed by atoms with E-state index in [1.165, 1.54) is 0 Å². The molecule has 1 unspecified atom stereocenters. The molecule has 0 radical (unpaired) electrons. The van der Waals surface area contributed by atoms with E-state index < -0.39 is 16.6 Å². The largest absolute Gasteiger partial charge is 0.374 e. The van der Waals surface area contributed by atoms with Gasteiger partial charge in [-0.25, -0.2) is 4.39 Å². The first kappa shape index (κ1) is 7.87. The van der Waals surface area contributed by atoms with Gasteiger partial charge in [-0.3, -0.25) is 0 Å². The predicted molar refractivity (Wildman–Crippen MR) is 31.1 cm³/mol. The molecule has 0 bridgehead atoms. The highest BCUT2D eigenvalue weighted by atomic mass is 32.3. The summed E-state index contributed by atoms with van der Waals surface area (Å²) in [5, 5.41) is 0. The number of hydrogen-bond donors (Lipinski definition) is 0. The molecule has 0 amide bonds. The van der Waals surface area contributed by atoms with Crippen molar-refractivity contribution < 1.29 is 16.7 Å². The van der Waals surface area contributed by atoms with E-state index in [4.69, 9.17) is 0 Å². The van der Waals surface area contributed by atoms with Crippen LogP contribution in [0.1, 0.15) is 6.42 Å². The fourth-order valence-corrected chi connectivity index (χ4v) is 1.55. The lowest BCUT2D eigenvalue weighted by atomic mass is 10.4. The average Bonchev–Trinajstić information content (AvgIpc) is 2.11. The van der Waals surface area contributed by atoms with Gasteiger partial charge in [0.25, 0.3) is 0 Å². The second kappa shape index (κ2) is 2.43. The van der Waals surface area contributed by atoms with Crippen molar-refractivity contribution >= 4 is 10.4 Å². The maximum atomic E-state index is 12.2. The third-order valence-corrected chi connectivity index (χ3v) is 2.35. The highest BCUT2D eigenvalue weighted by molar-refractivity contribution is 7.83. The van der Waals surface area contributed by atoms with Crippen LogP contribution < -0.4 is 0 Å². The maximum absolute atomic E-state index is 12.2. The van der Waals surface area contributed by atoms with Gasteiger partial charge in [0.15, 0.2) is 0 Å². The van der Waals surface area contributed by atoms with Crippen LogP contribution in [0.4, 0.5) is 8.28 Å². The molecule has 3 nitrogen and oxygen atoms in total. The lowest BCUT2D eigenvalue weighted by Gasteiger charge is -2.05. The van der Waals surface area contributed by atoms with Gasteiger partial charge in [-0.1, -0.05) is 3.89 Å². The first-order valence-electron chi connectivity index (χ1n) is 2.84. The molecule has 0 aromatic rings. The summed E-state index contributed by atoms with van der Waals surface area (Å²) in [6, 6.07) is 0. The molecule has 1 saturated heterocycles. The Morgan fingerprint density at radius 3 is 2.30 bits per heavy atom. The van der Waals surface area contributed by atoms with Crippen LogP contribution in [-0.2, 0) is 10.4 Å². The standard InChI is InChI=1S/C4H7F2NO2S/c5-4-1-2-7(3-4)10(6,8)9/h4H,1-3H2. The van der Waals surface area contributed by atoms with Crippen LogP contribution in [0.2, 0.25) is 0 Å². The molecule has 0 aliphatic carbocycles. The molecule has 0 aromatic carbocycles. The molecule has 0 spiro atoms. The van der Waals surface area contributed by atoms with E-state index in [1.807, 2.05) is 0 Å². The van der Waals surface area contributed by atoms with Crippen LogP contribution in [-0.4, -0.2) is 32.0 Å². The lowest BCUT2D eigenvalue weighted by Crippen LogP contribution is -2.25. The van der Waals surface area contributed by atoms with E-state index in [0.717, 1.165) is 0 Å². The van der Waals surface area contributed by atoms with Crippen LogP contribution in [0.3, 0.4) is 0 Å². The zero-order chi connectivity index (χ0) is 7.78. The first-order chi connectivity index (χ1) is 4.50. The minimum absolute atomic E-state index is 0.0417. The van der Waals surface area contributed by atoms with Gasteiger partial charge in [0, 0.05) is 13.1 Å². The van der Waals surface area contributed by atoms with Gasteiger partial charge in [0.05, 0.1) is 0 Å². The van der Waals surface area contributed by atoms with Crippen molar-refractivity contribution in [3.63, 3.8) is 0 Å². The Bertz CT molecular complexity index is 215. The summed E-state index contributed by atoms with van der Waals surface area (Å²) >= 11 is 0. The minimum Gasteiger partial charge on any atom is -0.246 e. The zero-order valence-electron chi connectivity index (χ0n) is 5.13. The molecular weight excluding hydrogens is 164 g/mol. The lowest BCUT2D eigenvalue weighted by molar-refractivity contribution is 0.338.